The van der Waals surface area contributed by atoms with Gasteiger partial charge in [-0.15, -0.1) is 0 Å². The van der Waals surface area contributed by atoms with Gasteiger partial charge in [0.25, 0.3) is 0 Å². The summed E-state index contributed by atoms with van der Waals surface area (Å²) >= 11 is 1.48. The van der Waals surface area contributed by atoms with E-state index in [2.05, 4.69) is 6.92 Å². The van der Waals surface area contributed by atoms with Gasteiger partial charge < -0.3 is 0 Å². The Morgan fingerprint density at radius 2 is 2.20 bits per heavy atom. The van der Waals surface area contributed by atoms with E-state index in [1.807, 2.05) is 0 Å². The van der Waals surface area contributed by atoms with Crippen LogP contribution in [0.2, 0.25) is 5.25 Å². The summed E-state index contributed by atoms with van der Waals surface area (Å²) in [5, 5.41) is 1.47. The van der Waals surface area contributed by atoms with Crippen molar-refractivity contribution in [2.45, 2.75) is 25.0 Å². The maximum atomic E-state index is 2.23. The molecule has 0 aliphatic rings. The third-order valence-corrected chi connectivity index (χ3v) is 1.65. The third kappa shape index (κ3) is 4.54. The van der Waals surface area contributed by atoms with Gasteiger partial charge in [0.05, 0.1) is 0 Å². The van der Waals surface area contributed by atoms with Gasteiger partial charge in [0, 0.05) is 0 Å². The molecule has 0 fully saturated rings. The SMILES string of the molecule is CCC[CH2][GeH2]. The minimum absolute atomic E-state index is 1.38. The van der Waals surface area contributed by atoms with Gasteiger partial charge in [-0.1, -0.05) is 0 Å². The molecule has 0 nitrogen and oxygen atoms in total. The van der Waals surface area contributed by atoms with Crippen LogP contribution in [0.15, 0.2) is 0 Å². The molecule has 1 heteroatoms. The molecule has 0 unspecified atom stereocenters. The first-order valence-corrected chi connectivity index (χ1v) is 4.31. The molecular weight excluding hydrogens is 121 g/mol. The van der Waals surface area contributed by atoms with Crippen LogP contribution < -0.4 is 0 Å². The Hall–Kier alpha value is 0.543. The molecule has 1 radical (unpaired) electrons. The molecule has 0 saturated carbocycles. The quantitative estimate of drug-likeness (QED) is 0.488. The van der Waals surface area contributed by atoms with Gasteiger partial charge in [0.15, 0.2) is 0 Å². The van der Waals surface area contributed by atoms with Crippen LogP contribution in [0, 0.1) is 0 Å². The molecule has 5 heavy (non-hydrogen) atoms. The van der Waals surface area contributed by atoms with Crippen LogP contribution in [0.4, 0.5) is 0 Å². The number of hydrogen-bond donors (Lipinski definition) is 0. The van der Waals surface area contributed by atoms with E-state index in [1.165, 1.54) is 34.6 Å². The van der Waals surface area contributed by atoms with E-state index < -0.39 is 0 Å². The fraction of sp³-hybridized carbons (Fsp3) is 1.00. The predicted octanol–water partition coefficient (Wildman–Crippen LogP) is 0.838. The van der Waals surface area contributed by atoms with Crippen LogP contribution >= 0.6 is 0 Å². The molecule has 0 bridgehead atoms. The summed E-state index contributed by atoms with van der Waals surface area (Å²) in [4.78, 5) is 0. The molecule has 0 saturated heterocycles. The molecule has 0 N–H and O–H groups in total. The Labute approximate surface area is 42.2 Å². The minimum atomic E-state index is 1.38. The van der Waals surface area contributed by atoms with E-state index in [0.717, 1.165) is 0 Å². The molecule has 0 amide bonds. The Bertz CT molecular complexity index is 11.1. The van der Waals surface area contributed by atoms with E-state index in [0.29, 0.717) is 0 Å². The average molecular weight is 132 g/mol. The fourth-order valence-electron chi connectivity index (χ4n) is 0.250. The zero-order chi connectivity index (χ0) is 4.12. The third-order valence-electron chi connectivity index (χ3n) is 0.604. The molecule has 0 spiro atoms. The number of rotatable bonds is 2. The van der Waals surface area contributed by atoms with Gasteiger partial charge in [-0.2, -0.15) is 0 Å². The van der Waals surface area contributed by atoms with Crippen molar-refractivity contribution in [3.05, 3.63) is 0 Å². The molecule has 0 heterocycles. The Balaban J connectivity index is 2.19. The van der Waals surface area contributed by atoms with E-state index in [-0.39, 0.29) is 0 Å². The van der Waals surface area contributed by atoms with Crippen molar-refractivity contribution in [1.29, 1.82) is 0 Å². The van der Waals surface area contributed by atoms with Crippen molar-refractivity contribution in [2.75, 3.05) is 0 Å². The van der Waals surface area contributed by atoms with Gasteiger partial charge in [-0.3, -0.25) is 0 Å². The van der Waals surface area contributed by atoms with Gasteiger partial charge in [-0.05, 0) is 0 Å². The van der Waals surface area contributed by atoms with Crippen molar-refractivity contribution in [2.24, 2.45) is 0 Å². The first kappa shape index (κ1) is 5.54. The van der Waals surface area contributed by atoms with Crippen molar-refractivity contribution >= 4 is 16.5 Å². The van der Waals surface area contributed by atoms with E-state index in [4.69, 9.17) is 0 Å². The maximum absolute atomic E-state index is 2.23. The van der Waals surface area contributed by atoms with Crippen molar-refractivity contribution < 1.29 is 0 Å². The van der Waals surface area contributed by atoms with E-state index >= 15 is 0 Å². The summed E-state index contributed by atoms with van der Waals surface area (Å²) in [6.07, 6.45) is 2.82. The summed E-state index contributed by atoms with van der Waals surface area (Å²) in [6, 6.07) is 0. The van der Waals surface area contributed by atoms with Crippen LogP contribution in [0.25, 0.3) is 0 Å². The van der Waals surface area contributed by atoms with Gasteiger partial charge in [0.2, 0.25) is 0 Å². The average Bonchev–Trinajstić information content (AvgIpc) is 1.41. The van der Waals surface area contributed by atoms with Crippen molar-refractivity contribution in [1.82, 2.24) is 0 Å². The first-order valence-electron chi connectivity index (χ1n) is 2.21. The molecule has 0 aliphatic heterocycles. The summed E-state index contributed by atoms with van der Waals surface area (Å²) in [7, 11) is 0. The molecule has 0 aliphatic carbocycles. The number of unbranched alkanes of at least 4 members (excludes halogenated alkanes) is 1. The first-order chi connectivity index (χ1) is 2.41. The summed E-state index contributed by atoms with van der Waals surface area (Å²) < 4.78 is 0. The standard InChI is InChI=1S/C4H11Ge/c1-2-3-4-5/h2-5H2,1H3. The Morgan fingerprint density at radius 3 is 2.20 bits per heavy atom. The van der Waals surface area contributed by atoms with Gasteiger partial charge in [0.1, 0.15) is 0 Å². The van der Waals surface area contributed by atoms with Gasteiger partial charge >= 0.3 is 41.5 Å². The van der Waals surface area contributed by atoms with E-state index in [1.54, 1.807) is 0 Å². The molecule has 0 rings (SSSR count). The van der Waals surface area contributed by atoms with Crippen LogP contribution in [0.3, 0.4) is 0 Å². The second-order valence-corrected chi connectivity index (χ2v) is 2.69. The zero-order valence-corrected chi connectivity index (χ0v) is 6.80. The second kappa shape index (κ2) is 4.54. The molecule has 31 valence electrons. The summed E-state index contributed by atoms with van der Waals surface area (Å²) in [5.74, 6) is 0. The predicted molar refractivity (Wildman–Crippen MR) is 28.3 cm³/mol. The monoisotopic (exact) mass is 133 g/mol. The topological polar surface area (TPSA) is 0 Å². The summed E-state index contributed by atoms with van der Waals surface area (Å²) in [5.41, 5.74) is 0. The molecule has 0 aromatic heterocycles. The zero-order valence-electron chi connectivity index (χ0n) is 3.83. The van der Waals surface area contributed by atoms with Gasteiger partial charge in [-0.25, -0.2) is 0 Å². The molecule has 0 aromatic carbocycles. The Morgan fingerprint density at radius 1 is 1.60 bits per heavy atom. The number of hydrogen-bond acceptors (Lipinski definition) is 0. The normalized spacial score (nSPS) is 8.40. The van der Waals surface area contributed by atoms with E-state index in [9.17, 15) is 0 Å². The Kier molecular flexibility index (Phi) is 5.04. The van der Waals surface area contributed by atoms with Crippen LogP contribution in [-0.4, -0.2) is 16.5 Å². The molecule has 0 aromatic rings. The van der Waals surface area contributed by atoms with Crippen LogP contribution in [0.5, 0.6) is 0 Å². The van der Waals surface area contributed by atoms with Crippen LogP contribution in [0.1, 0.15) is 19.8 Å². The molecule has 0 atom stereocenters. The van der Waals surface area contributed by atoms with Crippen molar-refractivity contribution in [3.8, 4) is 0 Å². The summed E-state index contributed by atoms with van der Waals surface area (Å²) in [6.45, 7) is 2.23. The fourth-order valence-corrected chi connectivity index (χ4v) is 1.30. The van der Waals surface area contributed by atoms with Crippen LogP contribution in [-0.2, 0) is 0 Å². The van der Waals surface area contributed by atoms with Crippen molar-refractivity contribution in [3.63, 3.8) is 0 Å². The second-order valence-electron chi connectivity index (χ2n) is 1.21. The molecular formula is C4H11Ge.